The van der Waals surface area contributed by atoms with Crippen molar-refractivity contribution in [2.45, 2.75) is 26.4 Å². The highest BCUT2D eigenvalue weighted by Crippen LogP contribution is 2.25. The molecular weight excluding hydrogens is 328 g/mol. The van der Waals surface area contributed by atoms with Crippen LogP contribution in [0.3, 0.4) is 0 Å². The van der Waals surface area contributed by atoms with Crippen LogP contribution in [0.25, 0.3) is 11.2 Å². The van der Waals surface area contributed by atoms with E-state index in [2.05, 4.69) is 45.7 Å². The van der Waals surface area contributed by atoms with Gasteiger partial charge in [0.1, 0.15) is 0 Å². The van der Waals surface area contributed by atoms with E-state index in [-0.39, 0.29) is 6.04 Å². The van der Waals surface area contributed by atoms with Gasteiger partial charge in [-0.1, -0.05) is 30.3 Å². The summed E-state index contributed by atoms with van der Waals surface area (Å²) in [5.74, 6) is 1.51. The van der Waals surface area contributed by atoms with Gasteiger partial charge in [-0.05, 0) is 19.4 Å². The van der Waals surface area contributed by atoms with Gasteiger partial charge in [0.2, 0.25) is 5.95 Å². The summed E-state index contributed by atoms with van der Waals surface area (Å²) in [5.41, 5.74) is 2.88. The number of imidazole rings is 1. The molecule has 4 rings (SSSR count). The minimum Gasteiger partial charge on any atom is -0.378 e. The van der Waals surface area contributed by atoms with Gasteiger partial charge in [-0.15, -0.1) is 0 Å². The molecule has 1 aliphatic heterocycles. The van der Waals surface area contributed by atoms with Crippen LogP contribution in [0.2, 0.25) is 0 Å². The molecule has 26 heavy (non-hydrogen) atoms. The summed E-state index contributed by atoms with van der Waals surface area (Å²) >= 11 is 0. The highest BCUT2D eigenvalue weighted by atomic mass is 16.5. The number of rotatable bonds is 5. The lowest BCUT2D eigenvalue weighted by Crippen LogP contribution is -2.37. The highest BCUT2D eigenvalue weighted by Gasteiger charge is 2.19. The molecule has 3 heterocycles. The fourth-order valence-corrected chi connectivity index (χ4v) is 3.09. The molecule has 136 valence electrons. The maximum Gasteiger partial charge on any atom is 0.229 e. The molecule has 7 nitrogen and oxygen atoms in total. The van der Waals surface area contributed by atoms with E-state index in [9.17, 15) is 0 Å². The Hall–Kier alpha value is -2.67. The van der Waals surface area contributed by atoms with Gasteiger partial charge in [0.15, 0.2) is 17.0 Å². The number of hydrogen-bond acceptors (Lipinski definition) is 6. The molecule has 3 aromatic rings. The Balaban J connectivity index is 1.71. The van der Waals surface area contributed by atoms with E-state index in [0.29, 0.717) is 19.8 Å². The Kier molecular flexibility index (Phi) is 4.71. The van der Waals surface area contributed by atoms with Crippen LogP contribution in [-0.2, 0) is 11.3 Å². The molecule has 7 heteroatoms. The first-order valence-electron chi connectivity index (χ1n) is 9.07. The van der Waals surface area contributed by atoms with Gasteiger partial charge in [-0.25, -0.2) is 4.98 Å². The summed E-state index contributed by atoms with van der Waals surface area (Å²) in [6, 6.07) is 10.6. The second-order valence-corrected chi connectivity index (χ2v) is 6.73. The lowest BCUT2D eigenvalue weighted by molar-refractivity contribution is 0.122. The number of nitrogens with one attached hydrogen (secondary N) is 1. The summed E-state index contributed by atoms with van der Waals surface area (Å²) in [5, 5.41) is 3.45. The molecule has 0 bridgehead atoms. The van der Waals surface area contributed by atoms with Gasteiger partial charge >= 0.3 is 0 Å². The van der Waals surface area contributed by atoms with E-state index in [1.807, 2.05) is 24.5 Å². The van der Waals surface area contributed by atoms with E-state index in [0.717, 1.165) is 36.0 Å². The first kappa shape index (κ1) is 16.8. The van der Waals surface area contributed by atoms with E-state index in [4.69, 9.17) is 14.7 Å². The molecule has 0 spiro atoms. The van der Waals surface area contributed by atoms with Crippen molar-refractivity contribution < 1.29 is 4.74 Å². The average molecular weight is 352 g/mol. The number of anilines is 2. The molecule has 0 saturated carbocycles. The van der Waals surface area contributed by atoms with E-state index in [1.165, 1.54) is 5.56 Å². The van der Waals surface area contributed by atoms with Gasteiger partial charge in [0, 0.05) is 25.7 Å². The topological polar surface area (TPSA) is 68.1 Å². The van der Waals surface area contributed by atoms with Crippen LogP contribution in [0.4, 0.5) is 11.8 Å². The third-order valence-corrected chi connectivity index (χ3v) is 4.56. The average Bonchev–Trinajstić information content (AvgIpc) is 3.12. The Bertz CT molecular complexity index is 870. The van der Waals surface area contributed by atoms with Crippen molar-refractivity contribution in [2.24, 2.45) is 0 Å². The zero-order valence-corrected chi connectivity index (χ0v) is 15.2. The smallest absolute Gasteiger partial charge is 0.229 e. The lowest BCUT2D eigenvalue weighted by atomic mass is 10.2. The molecule has 0 radical (unpaired) electrons. The Morgan fingerprint density at radius 2 is 1.88 bits per heavy atom. The molecule has 2 aromatic heterocycles. The number of ether oxygens (including phenoxy) is 1. The molecule has 1 aromatic carbocycles. The molecule has 0 aliphatic carbocycles. The standard InChI is InChI=1S/C19H24N6O/c1-14(2)25-13-21-16-17(20-12-15-6-4-3-5-7-15)22-19(23-18(16)25)24-8-10-26-11-9-24/h3-7,13-14H,8-12H2,1-2H3,(H,20,22,23). The van der Waals surface area contributed by atoms with Gasteiger partial charge in [-0.2, -0.15) is 9.97 Å². The van der Waals surface area contributed by atoms with Crippen molar-refractivity contribution in [3.63, 3.8) is 0 Å². The third-order valence-electron chi connectivity index (χ3n) is 4.56. The summed E-state index contributed by atoms with van der Waals surface area (Å²) in [4.78, 5) is 16.3. The van der Waals surface area contributed by atoms with Gasteiger partial charge in [0.05, 0.1) is 19.5 Å². The van der Waals surface area contributed by atoms with Crippen LogP contribution in [0.1, 0.15) is 25.5 Å². The van der Waals surface area contributed by atoms with E-state index < -0.39 is 0 Å². The minimum atomic E-state index is 0.286. The Morgan fingerprint density at radius 3 is 2.62 bits per heavy atom. The zero-order chi connectivity index (χ0) is 17.9. The zero-order valence-electron chi connectivity index (χ0n) is 15.2. The van der Waals surface area contributed by atoms with Crippen molar-refractivity contribution in [3.8, 4) is 0 Å². The molecule has 1 aliphatic rings. The predicted octanol–water partition coefficient (Wildman–Crippen LogP) is 2.86. The molecule has 0 unspecified atom stereocenters. The summed E-state index contributed by atoms with van der Waals surface area (Å²) in [6.07, 6.45) is 1.85. The number of hydrogen-bond donors (Lipinski definition) is 1. The molecule has 1 saturated heterocycles. The van der Waals surface area contributed by atoms with Crippen LogP contribution in [0.15, 0.2) is 36.7 Å². The number of benzene rings is 1. The largest absolute Gasteiger partial charge is 0.378 e. The molecule has 1 N–H and O–H groups in total. The van der Waals surface area contributed by atoms with Gasteiger partial charge in [0.25, 0.3) is 0 Å². The summed E-state index contributed by atoms with van der Waals surface area (Å²) in [6.45, 7) is 7.99. The summed E-state index contributed by atoms with van der Waals surface area (Å²) < 4.78 is 7.55. The summed E-state index contributed by atoms with van der Waals surface area (Å²) in [7, 11) is 0. The van der Waals surface area contributed by atoms with Gasteiger partial charge < -0.3 is 19.5 Å². The quantitative estimate of drug-likeness (QED) is 0.761. The Labute approximate surface area is 153 Å². The number of aromatic nitrogens is 4. The number of fused-ring (bicyclic) bond motifs is 1. The van der Waals surface area contributed by atoms with E-state index >= 15 is 0 Å². The minimum absolute atomic E-state index is 0.286. The van der Waals surface area contributed by atoms with Crippen LogP contribution >= 0.6 is 0 Å². The Morgan fingerprint density at radius 1 is 1.12 bits per heavy atom. The highest BCUT2D eigenvalue weighted by molar-refractivity contribution is 5.84. The van der Waals surface area contributed by atoms with Gasteiger partial charge in [-0.3, -0.25) is 0 Å². The first-order valence-corrected chi connectivity index (χ1v) is 9.07. The van der Waals surface area contributed by atoms with Crippen molar-refractivity contribution in [2.75, 3.05) is 36.5 Å². The van der Waals surface area contributed by atoms with Crippen molar-refractivity contribution in [3.05, 3.63) is 42.2 Å². The van der Waals surface area contributed by atoms with Crippen LogP contribution in [0.5, 0.6) is 0 Å². The fraction of sp³-hybridized carbons (Fsp3) is 0.421. The SMILES string of the molecule is CC(C)n1cnc2c(NCc3ccccc3)nc(N3CCOCC3)nc21. The number of morpholine rings is 1. The van der Waals surface area contributed by atoms with Crippen LogP contribution in [-0.4, -0.2) is 45.8 Å². The lowest BCUT2D eigenvalue weighted by Gasteiger charge is -2.27. The molecule has 0 amide bonds. The van der Waals surface area contributed by atoms with Crippen molar-refractivity contribution >= 4 is 22.9 Å². The second-order valence-electron chi connectivity index (χ2n) is 6.73. The second kappa shape index (κ2) is 7.29. The monoisotopic (exact) mass is 352 g/mol. The van der Waals surface area contributed by atoms with E-state index in [1.54, 1.807) is 0 Å². The first-order chi connectivity index (χ1) is 12.7. The normalized spacial score (nSPS) is 15.0. The predicted molar refractivity (Wildman–Crippen MR) is 103 cm³/mol. The molecular formula is C19H24N6O. The maximum absolute atomic E-state index is 5.46. The number of nitrogens with zero attached hydrogens (tertiary/aromatic N) is 5. The maximum atomic E-state index is 5.46. The van der Waals surface area contributed by atoms with Crippen molar-refractivity contribution in [1.29, 1.82) is 0 Å². The molecule has 1 fully saturated rings. The van der Waals surface area contributed by atoms with Crippen LogP contribution in [0, 0.1) is 0 Å². The molecule has 0 atom stereocenters. The van der Waals surface area contributed by atoms with Crippen LogP contribution < -0.4 is 10.2 Å². The van der Waals surface area contributed by atoms with Crippen molar-refractivity contribution in [1.82, 2.24) is 19.5 Å². The third kappa shape index (κ3) is 3.35. The fourth-order valence-electron chi connectivity index (χ4n) is 3.09.